The van der Waals surface area contributed by atoms with Crippen LogP contribution in [-0.2, 0) is 11.3 Å². The van der Waals surface area contributed by atoms with Crippen molar-refractivity contribution in [2.24, 2.45) is 0 Å². The summed E-state index contributed by atoms with van der Waals surface area (Å²) in [6, 6.07) is 13.5. The van der Waals surface area contributed by atoms with Gasteiger partial charge in [0.05, 0.1) is 29.8 Å². The van der Waals surface area contributed by atoms with E-state index in [4.69, 9.17) is 4.74 Å². The molecule has 2 aromatic carbocycles. The first-order chi connectivity index (χ1) is 11.1. The van der Waals surface area contributed by atoms with Crippen LogP contribution in [0.15, 0.2) is 48.5 Å². The molecule has 2 amide bonds. The third-order valence-electron chi connectivity index (χ3n) is 3.66. The summed E-state index contributed by atoms with van der Waals surface area (Å²) in [5.74, 6) is -1.05. The molecule has 5 nitrogen and oxygen atoms in total. The number of imide groups is 1. The SMILES string of the molecule is CCOC(=O)c1cccc(CN2C(=O)c3ccccc3C2=O)c1. The topological polar surface area (TPSA) is 63.7 Å². The molecule has 0 aromatic heterocycles. The molecule has 0 unspecified atom stereocenters. The van der Waals surface area contributed by atoms with Crippen LogP contribution in [0.4, 0.5) is 0 Å². The lowest BCUT2D eigenvalue weighted by molar-refractivity contribution is 0.0526. The number of amides is 2. The Kier molecular flexibility index (Phi) is 3.93. The van der Waals surface area contributed by atoms with Crippen molar-refractivity contribution in [3.05, 3.63) is 70.8 Å². The lowest BCUT2D eigenvalue weighted by atomic mass is 10.1. The molecule has 0 fully saturated rings. The summed E-state index contributed by atoms with van der Waals surface area (Å²) in [6.07, 6.45) is 0. The molecule has 2 aromatic rings. The number of carbonyl (C=O) groups is 3. The van der Waals surface area contributed by atoms with Crippen molar-refractivity contribution in [3.8, 4) is 0 Å². The molecule has 1 aliphatic heterocycles. The van der Waals surface area contributed by atoms with Gasteiger partial charge in [-0.2, -0.15) is 0 Å². The fourth-order valence-electron chi connectivity index (χ4n) is 2.58. The van der Waals surface area contributed by atoms with Gasteiger partial charge < -0.3 is 4.74 Å². The summed E-state index contributed by atoms with van der Waals surface area (Å²) in [6.45, 7) is 2.15. The molecule has 0 saturated heterocycles. The van der Waals surface area contributed by atoms with Crippen molar-refractivity contribution < 1.29 is 19.1 Å². The maximum atomic E-state index is 12.3. The van der Waals surface area contributed by atoms with Crippen LogP contribution in [0.1, 0.15) is 43.6 Å². The van der Waals surface area contributed by atoms with Gasteiger partial charge >= 0.3 is 5.97 Å². The maximum absolute atomic E-state index is 12.3. The van der Waals surface area contributed by atoms with Crippen molar-refractivity contribution in [2.45, 2.75) is 13.5 Å². The van der Waals surface area contributed by atoms with E-state index < -0.39 is 5.97 Å². The minimum Gasteiger partial charge on any atom is -0.462 e. The van der Waals surface area contributed by atoms with Gasteiger partial charge in [0, 0.05) is 0 Å². The lowest BCUT2D eigenvalue weighted by Gasteiger charge is -2.14. The van der Waals surface area contributed by atoms with E-state index in [1.165, 1.54) is 4.90 Å². The predicted molar refractivity (Wildman–Crippen MR) is 83.0 cm³/mol. The van der Waals surface area contributed by atoms with Gasteiger partial charge in [-0.3, -0.25) is 14.5 Å². The molecule has 0 N–H and O–H groups in total. The summed E-state index contributed by atoms with van der Waals surface area (Å²) >= 11 is 0. The summed E-state index contributed by atoms with van der Waals surface area (Å²) in [4.78, 5) is 37.7. The Morgan fingerprint density at radius 3 is 2.26 bits per heavy atom. The Labute approximate surface area is 133 Å². The minimum absolute atomic E-state index is 0.125. The first kappa shape index (κ1) is 15.0. The third kappa shape index (κ3) is 2.73. The average molecular weight is 309 g/mol. The highest BCUT2D eigenvalue weighted by Crippen LogP contribution is 2.24. The van der Waals surface area contributed by atoms with E-state index in [2.05, 4.69) is 0 Å². The van der Waals surface area contributed by atoms with Gasteiger partial charge in [-0.25, -0.2) is 4.79 Å². The molecular weight excluding hydrogens is 294 g/mol. The smallest absolute Gasteiger partial charge is 0.338 e. The molecule has 0 saturated carbocycles. The number of rotatable bonds is 4. The number of benzene rings is 2. The van der Waals surface area contributed by atoms with Gasteiger partial charge in [0.1, 0.15) is 0 Å². The Morgan fingerprint density at radius 2 is 1.65 bits per heavy atom. The average Bonchev–Trinajstić information content (AvgIpc) is 2.81. The Bertz CT molecular complexity index is 762. The van der Waals surface area contributed by atoms with Crippen LogP contribution in [0.25, 0.3) is 0 Å². The molecule has 1 heterocycles. The second kappa shape index (κ2) is 6.04. The number of esters is 1. The Morgan fingerprint density at radius 1 is 1.00 bits per heavy atom. The molecule has 0 bridgehead atoms. The highest BCUT2D eigenvalue weighted by atomic mass is 16.5. The highest BCUT2D eigenvalue weighted by Gasteiger charge is 2.34. The van der Waals surface area contributed by atoms with Crippen LogP contribution < -0.4 is 0 Å². The monoisotopic (exact) mass is 309 g/mol. The van der Waals surface area contributed by atoms with Crippen molar-refractivity contribution in [3.63, 3.8) is 0 Å². The summed E-state index contributed by atoms with van der Waals surface area (Å²) < 4.78 is 4.96. The van der Waals surface area contributed by atoms with Crippen LogP contribution in [0.3, 0.4) is 0 Å². The van der Waals surface area contributed by atoms with E-state index >= 15 is 0 Å². The van der Waals surface area contributed by atoms with Crippen molar-refractivity contribution in [1.82, 2.24) is 4.90 Å². The second-order valence-corrected chi connectivity index (χ2v) is 5.16. The van der Waals surface area contributed by atoms with Crippen LogP contribution in [-0.4, -0.2) is 29.3 Å². The van der Waals surface area contributed by atoms with Crippen molar-refractivity contribution in [1.29, 1.82) is 0 Å². The summed E-state index contributed by atoms with van der Waals surface area (Å²) in [5, 5.41) is 0. The quantitative estimate of drug-likeness (QED) is 0.643. The summed E-state index contributed by atoms with van der Waals surface area (Å²) in [7, 11) is 0. The molecule has 0 atom stereocenters. The standard InChI is InChI=1S/C18H15NO4/c1-2-23-18(22)13-7-5-6-12(10-13)11-19-16(20)14-8-3-4-9-15(14)17(19)21/h3-10H,2,11H2,1H3. The Balaban J connectivity index is 1.84. The molecule has 116 valence electrons. The van der Waals surface area contributed by atoms with Gasteiger partial charge in [-0.15, -0.1) is 0 Å². The summed E-state index contributed by atoms with van der Waals surface area (Å²) in [5.41, 5.74) is 1.93. The van der Waals surface area contributed by atoms with Crippen LogP contribution >= 0.6 is 0 Å². The van der Waals surface area contributed by atoms with Gasteiger partial charge in [-0.1, -0.05) is 24.3 Å². The first-order valence-corrected chi connectivity index (χ1v) is 7.33. The number of nitrogens with zero attached hydrogens (tertiary/aromatic N) is 1. The molecule has 0 spiro atoms. The number of ether oxygens (including phenoxy) is 1. The number of hydrogen-bond acceptors (Lipinski definition) is 4. The molecule has 0 radical (unpaired) electrons. The third-order valence-corrected chi connectivity index (χ3v) is 3.66. The second-order valence-electron chi connectivity index (χ2n) is 5.16. The number of carbonyl (C=O) groups excluding carboxylic acids is 3. The van der Waals surface area contributed by atoms with Gasteiger partial charge in [0.25, 0.3) is 11.8 Å². The Hall–Kier alpha value is -2.95. The van der Waals surface area contributed by atoms with Crippen LogP contribution in [0, 0.1) is 0 Å². The van der Waals surface area contributed by atoms with E-state index in [0.29, 0.717) is 28.9 Å². The van der Waals surface area contributed by atoms with Crippen molar-refractivity contribution >= 4 is 17.8 Å². The van der Waals surface area contributed by atoms with Gasteiger partial charge in [0.2, 0.25) is 0 Å². The van der Waals surface area contributed by atoms with Crippen LogP contribution in [0.5, 0.6) is 0 Å². The fraction of sp³-hybridized carbons (Fsp3) is 0.167. The van der Waals surface area contributed by atoms with Gasteiger partial charge in [0.15, 0.2) is 0 Å². The number of hydrogen-bond donors (Lipinski definition) is 0. The molecule has 5 heteroatoms. The first-order valence-electron chi connectivity index (χ1n) is 7.33. The van der Waals surface area contributed by atoms with E-state index in [1.807, 2.05) is 0 Å². The molecule has 0 aliphatic carbocycles. The van der Waals surface area contributed by atoms with E-state index in [-0.39, 0.29) is 18.4 Å². The fourth-order valence-corrected chi connectivity index (χ4v) is 2.58. The van der Waals surface area contributed by atoms with E-state index in [9.17, 15) is 14.4 Å². The van der Waals surface area contributed by atoms with Crippen molar-refractivity contribution in [2.75, 3.05) is 6.61 Å². The number of fused-ring (bicyclic) bond motifs is 1. The van der Waals surface area contributed by atoms with Crippen LogP contribution in [0.2, 0.25) is 0 Å². The minimum atomic E-state index is -0.420. The zero-order valence-electron chi connectivity index (χ0n) is 12.6. The predicted octanol–water partition coefficient (Wildman–Crippen LogP) is 2.66. The molecule has 23 heavy (non-hydrogen) atoms. The lowest BCUT2D eigenvalue weighted by Crippen LogP contribution is -2.29. The highest BCUT2D eigenvalue weighted by molar-refractivity contribution is 6.21. The maximum Gasteiger partial charge on any atom is 0.338 e. The molecule has 1 aliphatic rings. The van der Waals surface area contributed by atoms with E-state index in [1.54, 1.807) is 55.5 Å². The molecule has 3 rings (SSSR count). The van der Waals surface area contributed by atoms with Gasteiger partial charge in [-0.05, 0) is 36.8 Å². The normalized spacial score (nSPS) is 13.2. The zero-order valence-corrected chi connectivity index (χ0v) is 12.6. The van der Waals surface area contributed by atoms with E-state index in [0.717, 1.165) is 0 Å². The zero-order chi connectivity index (χ0) is 16.4. The molecular formula is C18H15NO4. The largest absolute Gasteiger partial charge is 0.462 e.